The summed E-state index contributed by atoms with van der Waals surface area (Å²) >= 11 is 6.30. The number of nitrogens with one attached hydrogen (secondary N) is 1. The van der Waals surface area contributed by atoms with Crippen LogP contribution < -0.4 is 10.2 Å². The fourth-order valence-corrected chi connectivity index (χ4v) is 3.18. The van der Waals surface area contributed by atoms with E-state index in [2.05, 4.69) is 20.3 Å². The fraction of sp³-hybridized carbons (Fsp3) is 0.667. The molecule has 0 saturated carbocycles. The molecule has 1 atom stereocenters. The molecule has 1 N–H and O–H groups in total. The molecule has 1 aromatic rings. The van der Waals surface area contributed by atoms with Crippen LogP contribution in [0.4, 0.5) is 11.9 Å². The Morgan fingerprint density at radius 3 is 3.00 bits per heavy atom. The predicted molar refractivity (Wildman–Crippen MR) is 72.6 cm³/mol. The Kier molecular flexibility index (Phi) is 2.66. The molecule has 0 spiro atoms. The highest BCUT2D eigenvalue weighted by Crippen LogP contribution is 2.35. The summed E-state index contributed by atoms with van der Waals surface area (Å²) in [7, 11) is 0. The predicted octanol–water partition coefficient (Wildman–Crippen LogP) is 1.20. The van der Waals surface area contributed by atoms with E-state index in [1.807, 2.05) is 4.68 Å². The first-order valence-corrected chi connectivity index (χ1v) is 7.15. The highest BCUT2D eigenvalue weighted by molar-refractivity contribution is 6.23. The Hall–Kier alpha value is -1.27. The van der Waals surface area contributed by atoms with Crippen molar-refractivity contribution in [2.24, 2.45) is 0 Å². The van der Waals surface area contributed by atoms with Crippen molar-refractivity contribution in [2.75, 3.05) is 36.5 Å². The first-order chi connectivity index (χ1) is 9.31. The Bertz CT molecular complexity index is 534. The van der Waals surface area contributed by atoms with Crippen molar-refractivity contribution in [1.82, 2.24) is 14.8 Å². The third kappa shape index (κ3) is 1.90. The lowest BCUT2D eigenvalue weighted by atomic mass is 10.2. The Morgan fingerprint density at radius 1 is 1.32 bits per heavy atom. The molecule has 102 valence electrons. The van der Waals surface area contributed by atoms with Crippen LogP contribution >= 0.6 is 11.6 Å². The Morgan fingerprint density at radius 2 is 2.16 bits per heavy atom. The smallest absolute Gasteiger partial charge is 0.246 e. The molecule has 1 aromatic heterocycles. The average Bonchev–Trinajstić information content (AvgIpc) is 3.02. The number of halogens is 1. The van der Waals surface area contributed by atoms with Gasteiger partial charge in [-0.2, -0.15) is 4.98 Å². The van der Waals surface area contributed by atoms with Crippen molar-refractivity contribution >= 4 is 23.5 Å². The van der Waals surface area contributed by atoms with Crippen LogP contribution in [0.3, 0.4) is 0 Å². The van der Waals surface area contributed by atoms with Crippen molar-refractivity contribution in [1.29, 1.82) is 0 Å². The van der Waals surface area contributed by atoms with E-state index in [0.29, 0.717) is 0 Å². The molecule has 3 heterocycles. The summed E-state index contributed by atoms with van der Waals surface area (Å²) in [5.41, 5.74) is 2.51. The highest BCUT2D eigenvalue weighted by atomic mass is 35.5. The lowest BCUT2D eigenvalue weighted by molar-refractivity contribution is 0.122. The minimum absolute atomic E-state index is 0.104. The zero-order chi connectivity index (χ0) is 12.8. The quantitative estimate of drug-likeness (QED) is 0.784. The summed E-state index contributed by atoms with van der Waals surface area (Å²) < 4.78 is 7.30. The zero-order valence-corrected chi connectivity index (χ0v) is 11.4. The number of alkyl halides is 1. The molecule has 0 bridgehead atoms. The van der Waals surface area contributed by atoms with Crippen LogP contribution in [0.25, 0.3) is 0 Å². The molecule has 2 aliphatic heterocycles. The second-order valence-corrected chi connectivity index (χ2v) is 5.67. The molecule has 0 amide bonds. The van der Waals surface area contributed by atoms with E-state index < -0.39 is 0 Å². The van der Waals surface area contributed by atoms with Gasteiger partial charge < -0.3 is 15.0 Å². The Balaban J connectivity index is 1.59. The molecule has 4 rings (SSSR count). The minimum atomic E-state index is 0.104. The largest absolute Gasteiger partial charge is 0.378 e. The second-order valence-electron chi connectivity index (χ2n) is 5.14. The first-order valence-electron chi connectivity index (χ1n) is 6.72. The lowest BCUT2D eigenvalue weighted by Gasteiger charge is -2.25. The Labute approximate surface area is 116 Å². The molecular weight excluding hydrogens is 266 g/mol. The van der Waals surface area contributed by atoms with E-state index in [9.17, 15) is 0 Å². The standard InChI is InChI=1S/C12H16ClN5O/c13-9-2-1-8-7-18-11(14-10(8)9)15-12(16-18)17-3-5-19-6-4-17/h9H,1-7H2,(H,14,15,16). The summed E-state index contributed by atoms with van der Waals surface area (Å²) in [6.07, 6.45) is 2.07. The van der Waals surface area contributed by atoms with E-state index in [1.165, 1.54) is 5.57 Å². The van der Waals surface area contributed by atoms with Gasteiger partial charge in [-0.1, -0.05) is 0 Å². The van der Waals surface area contributed by atoms with E-state index in [-0.39, 0.29) is 5.38 Å². The maximum absolute atomic E-state index is 6.30. The fourth-order valence-electron chi connectivity index (χ4n) is 2.86. The van der Waals surface area contributed by atoms with Gasteiger partial charge in [0.2, 0.25) is 11.9 Å². The molecule has 1 fully saturated rings. The summed E-state index contributed by atoms with van der Waals surface area (Å²) in [5, 5.41) is 8.05. The van der Waals surface area contributed by atoms with Gasteiger partial charge in [-0.3, -0.25) is 0 Å². The van der Waals surface area contributed by atoms with E-state index in [4.69, 9.17) is 16.3 Å². The number of nitrogens with zero attached hydrogens (tertiary/aromatic N) is 4. The maximum atomic E-state index is 6.30. The number of morpholine rings is 1. The van der Waals surface area contributed by atoms with Crippen molar-refractivity contribution in [2.45, 2.75) is 24.8 Å². The van der Waals surface area contributed by atoms with Gasteiger partial charge in [0.25, 0.3) is 0 Å². The van der Waals surface area contributed by atoms with Crippen LogP contribution in [0.1, 0.15) is 12.8 Å². The van der Waals surface area contributed by atoms with Crippen molar-refractivity contribution in [3.8, 4) is 0 Å². The maximum Gasteiger partial charge on any atom is 0.246 e. The van der Waals surface area contributed by atoms with Crippen molar-refractivity contribution < 1.29 is 4.74 Å². The van der Waals surface area contributed by atoms with Crippen LogP contribution in [-0.4, -0.2) is 46.4 Å². The molecule has 1 unspecified atom stereocenters. The number of rotatable bonds is 1. The molecule has 19 heavy (non-hydrogen) atoms. The third-order valence-corrected chi connectivity index (χ3v) is 4.37. The zero-order valence-electron chi connectivity index (χ0n) is 10.6. The van der Waals surface area contributed by atoms with Crippen LogP contribution in [0.15, 0.2) is 11.3 Å². The monoisotopic (exact) mass is 281 g/mol. The highest BCUT2D eigenvalue weighted by Gasteiger charge is 2.30. The number of fused-ring (bicyclic) bond motifs is 1. The van der Waals surface area contributed by atoms with E-state index in [0.717, 1.165) is 63.3 Å². The number of hydrogen-bond acceptors (Lipinski definition) is 5. The van der Waals surface area contributed by atoms with Crippen LogP contribution in [0, 0.1) is 0 Å². The van der Waals surface area contributed by atoms with Gasteiger partial charge in [-0.25, -0.2) is 4.68 Å². The van der Waals surface area contributed by atoms with Gasteiger partial charge in [-0.05, 0) is 18.4 Å². The second kappa shape index (κ2) is 4.38. The van der Waals surface area contributed by atoms with Crippen molar-refractivity contribution in [3.05, 3.63) is 11.3 Å². The summed E-state index contributed by atoms with van der Waals surface area (Å²) in [6.45, 7) is 4.02. The van der Waals surface area contributed by atoms with Gasteiger partial charge in [0, 0.05) is 18.8 Å². The molecule has 1 aliphatic carbocycles. The molecular formula is C12H16ClN5O. The number of anilines is 2. The molecule has 6 nitrogen and oxygen atoms in total. The number of hydrogen-bond donors (Lipinski definition) is 1. The molecule has 3 aliphatic rings. The molecule has 1 saturated heterocycles. The van der Waals surface area contributed by atoms with Crippen LogP contribution in [-0.2, 0) is 11.3 Å². The lowest BCUT2D eigenvalue weighted by Crippen LogP contribution is -2.37. The SMILES string of the molecule is ClC1CCC2=C1Nc1nc(N3CCOCC3)nn1C2. The average molecular weight is 282 g/mol. The van der Waals surface area contributed by atoms with E-state index >= 15 is 0 Å². The molecule has 0 aromatic carbocycles. The van der Waals surface area contributed by atoms with Gasteiger partial charge >= 0.3 is 0 Å². The van der Waals surface area contributed by atoms with E-state index in [1.54, 1.807) is 0 Å². The summed E-state index contributed by atoms with van der Waals surface area (Å²) in [5.74, 6) is 1.60. The van der Waals surface area contributed by atoms with Crippen LogP contribution in [0.2, 0.25) is 0 Å². The number of aromatic nitrogens is 3. The molecule has 7 heteroatoms. The van der Waals surface area contributed by atoms with Gasteiger partial charge in [0.15, 0.2) is 0 Å². The van der Waals surface area contributed by atoms with Gasteiger partial charge in [0.05, 0.1) is 25.1 Å². The molecule has 0 radical (unpaired) electrons. The summed E-state index contributed by atoms with van der Waals surface area (Å²) in [6, 6.07) is 0. The van der Waals surface area contributed by atoms with Gasteiger partial charge in [-0.15, -0.1) is 16.7 Å². The topological polar surface area (TPSA) is 55.2 Å². The number of allylic oxidation sites excluding steroid dienone is 2. The van der Waals surface area contributed by atoms with Crippen molar-refractivity contribution in [3.63, 3.8) is 0 Å². The third-order valence-electron chi connectivity index (χ3n) is 3.94. The van der Waals surface area contributed by atoms with Gasteiger partial charge in [0.1, 0.15) is 0 Å². The normalized spacial score (nSPS) is 26.2. The number of ether oxygens (including phenoxy) is 1. The minimum Gasteiger partial charge on any atom is -0.378 e. The van der Waals surface area contributed by atoms with Crippen LogP contribution in [0.5, 0.6) is 0 Å². The first kappa shape index (κ1) is 11.5. The summed E-state index contributed by atoms with van der Waals surface area (Å²) in [4.78, 5) is 6.75.